The van der Waals surface area contributed by atoms with E-state index in [9.17, 15) is 14.0 Å². The predicted molar refractivity (Wildman–Crippen MR) is 112 cm³/mol. The Balaban J connectivity index is 1.47. The van der Waals surface area contributed by atoms with E-state index in [1.807, 2.05) is 13.8 Å². The maximum atomic E-state index is 13.0. The second kappa shape index (κ2) is 10.0. The summed E-state index contributed by atoms with van der Waals surface area (Å²) in [7, 11) is 0. The van der Waals surface area contributed by atoms with E-state index in [0.29, 0.717) is 44.0 Å². The molecule has 1 aliphatic heterocycles. The topological polar surface area (TPSA) is 83.6 Å². The van der Waals surface area contributed by atoms with E-state index in [2.05, 4.69) is 15.6 Å². The second-order valence-corrected chi connectivity index (χ2v) is 7.56. The molecule has 1 aromatic carbocycles. The molecule has 160 valence electrons. The highest BCUT2D eigenvalue weighted by molar-refractivity contribution is 5.90. The van der Waals surface area contributed by atoms with Gasteiger partial charge in [-0.1, -0.05) is 12.1 Å². The SMILES string of the molecule is CC(C)Oc1ncccc1NC(=O)N1CCC(C(=O)NCc2ccc(F)cc2)CC1. The lowest BCUT2D eigenvalue weighted by molar-refractivity contribution is -0.126. The van der Waals surface area contributed by atoms with Gasteiger partial charge in [0.05, 0.1) is 6.10 Å². The van der Waals surface area contributed by atoms with Gasteiger partial charge in [0.15, 0.2) is 0 Å². The lowest BCUT2D eigenvalue weighted by atomic mass is 9.96. The van der Waals surface area contributed by atoms with Crippen molar-refractivity contribution in [2.75, 3.05) is 18.4 Å². The summed E-state index contributed by atoms with van der Waals surface area (Å²) in [6, 6.07) is 9.30. The molecule has 0 aliphatic carbocycles. The first-order valence-corrected chi connectivity index (χ1v) is 10.1. The van der Waals surface area contributed by atoms with Crippen LogP contribution in [0.4, 0.5) is 14.9 Å². The Morgan fingerprint density at radius 1 is 1.20 bits per heavy atom. The molecule has 7 nitrogen and oxygen atoms in total. The molecule has 8 heteroatoms. The van der Waals surface area contributed by atoms with Crippen LogP contribution in [0.25, 0.3) is 0 Å². The number of ether oxygens (including phenoxy) is 1. The van der Waals surface area contributed by atoms with E-state index >= 15 is 0 Å². The van der Waals surface area contributed by atoms with Crippen molar-refractivity contribution < 1.29 is 18.7 Å². The zero-order valence-corrected chi connectivity index (χ0v) is 17.2. The third-order valence-electron chi connectivity index (χ3n) is 4.89. The molecule has 3 amide bonds. The molecule has 2 aromatic rings. The highest BCUT2D eigenvalue weighted by atomic mass is 19.1. The van der Waals surface area contributed by atoms with Crippen LogP contribution in [-0.4, -0.2) is 41.0 Å². The Labute approximate surface area is 175 Å². The number of carbonyl (C=O) groups is 2. The van der Waals surface area contributed by atoms with Crippen LogP contribution in [0.2, 0.25) is 0 Å². The van der Waals surface area contributed by atoms with Gasteiger partial charge in [-0.15, -0.1) is 0 Å². The van der Waals surface area contributed by atoms with E-state index in [0.717, 1.165) is 5.56 Å². The smallest absolute Gasteiger partial charge is 0.321 e. The Morgan fingerprint density at radius 3 is 2.57 bits per heavy atom. The van der Waals surface area contributed by atoms with E-state index < -0.39 is 0 Å². The van der Waals surface area contributed by atoms with Crippen molar-refractivity contribution in [1.29, 1.82) is 0 Å². The fraction of sp³-hybridized carbons (Fsp3) is 0.409. The minimum absolute atomic E-state index is 0.0423. The van der Waals surface area contributed by atoms with E-state index in [-0.39, 0.29) is 29.8 Å². The minimum Gasteiger partial charge on any atom is -0.473 e. The quantitative estimate of drug-likeness (QED) is 0.757. The number of halogens is 1. The Bertz CT molecular complexity index is 865. The second-order valence-electron chi connectivity index (χ2n) is 7.56. The maximum absolute atomic E-state index is 13.0. The van der Waals surface area contributed by atoms with Crippen molar-refractivity contribution in [2.45, 2.75) is 39.3 Å². The van der Waals surface area contributed by atoms with E-state index in [1.165, 1.54) is 12.1 Å². The van der Waals surface area contributed by atoms with Crippen molar-refractivity contribution in [3.63, 3.8) is 0 Å². The Kier molecular flexibility index (Phi) is 7.21. The molecule has 3 rings (SSSR count). The number of benzene rings is 1. The number of hydrogen-bond donors (Lipinski definition) is 2. The number of piperidine rings is 1. The molecule has 2 heterocycles. The molecule has 30 heavy (non-hydrogen) atoms. The van der Waals surface area contributed by atoms with Gasteiger partial charge in [-0.25, -0.2) is 14.2 Å². The average Bonchev–Trinajstić information content (AvgIpc) is 2.74. The van der Waals surface area contributed by atoms with Crippen LogP contribution in [0.1, 0.15) is 32.3 Å². The maximum Gasteiger partial charge on any atom is 0.321 e. The molecule has 0 unspecified atom stereocenters. The van der Waals surface area contributed by atoms with Crippen molar-refractivity contribution >= 4 is 17.6 Å². The van der Waals surface area contributed by atoms with E-state index in [1.54, 1.807) is 35.4 Å². The van der Waals surface area contributed by atoms with Crippen LogP contribution in [0.15, 0.2) is 42.6 Å². The number of anilines is 1. The monoisotopic (exact) mass is 414 g/mol. The lowest BCUT2D eigenvalue weighted by Gasteiger charge is -2.31. The molecular weight excluding hydrogens is 387 g/mol. The van der Waals surface area contributed by atoms with Crippen molar-refractivity contribution in [3.8, 4) is 5.88 Å². The normalized spacial score (nSPS) is 14.5. The lowest BCUT2D eigenvalue weighted by Crippen LogP contribution is -2.44. The number of carbonyl (C=O) groups excluding carboxylic acids is 2. The van der Waals surface area contributed by atoms with Crippen LogP contribution in [0.3, 0.4) is 0 Å². The third kappa shape index (κ3) is 5.92. The summed E-state index contributed by atoms with van der Waals surface area (Å²) in [6.07, 6.45) is 2.74. The first-order chi connectivity index (χ1) is 14.4. The minimum atomic E-state index is -0.301. The number of aromatic nitrogens is 1. The fourth-order valence-corrected chi connectivity index (χ4v) is 3.28. The van der Waals surface area contributed by atoms with Gasteiger partial charge in [0.2, 0.25) is 11.8 Å². The standard InChI is InChI=1S/C22H27FN4O3/c1-15(2)30-21-19(4-3-11-24-21)26-22(29)27-12-9-17(10-13-27)20(28)25-14-16-5-7-18(23)8-6-16/h3-8,11,15,17H,9-10,12-14H2,1-2H3,(H,25,28)(H,26,29). The van der Waals surface area contributed by atoms with Gasteiger partial charge in [0, 0.05) is 31.7 Å². The van der Waals surface area contributed by atoms with Crippen molar-refractivity contribution in [2.24, 2.45) is 5.92 Å². The molecule has 2 N–H and O–H groups in total. The first kappa shape index (κ1) is 21.5. The van der Waals surface area contributed by atoms with Gasteiger partial charge in [-0.3, -0.25) is 4.79 Å². The van der Waals surface area contributed by atoms with Gasteiger partial charge in [-0.05, 0) is 56.5 Å². The van der Waals surface area contributed by atoms with Gasteiger partial charge in [0.1, 0.15) is 11.5 Å². The first-order valence-electron chi connectivity index (χ1n) is 10.1. The fourth-order valence-electron chi connectivity index (χ4n) is 3.28. The van der Waals surface area contributed by atoms with Crippen LogP contribution in [0.5, 0.6) is 5.88 Å². The highest BCUT2D eigenvalue weighted by Crippen LogP contribution is 2.24. The zero-order valence-electron chi connectivity index (χ0n) is 17.2. The van der Waals surface area contributed by atoms with Crippen LogP contribution in [-0.2, 0) is 11.3 Å². The number of nitrogens with zero attached hydrogens (tertiary/aromatic N) is 2. The molecule has 1 fully saturated rings. The molecule has 0 spiro atoms. The van der Waals surface area contributed by atoms with Gasteiger partial charge in [0.25, 0.3) is 0 Å². The van der Waals surface area contributed by atoms with Crippen LogP contribution in [0, 0.1) is 11.7 Å². The number of rotatable bonds is 6. The number of amides is 3. The molecule has 0 bridgehead atoms. The summed E-state index contributed by atoms with van der Waals surface area (Å²) in [6.45, 7) is 5.13. The number of urea groups is 1. The average molecular weight is 414 g/mol. The van der Waals surface area contributed by atoms with Crippen molar-refractivity contribution in [3.05, 3.63) is 54.0 Å². The summed E-state index contributed by atoms with van der Waals surface area (Å²) >= 11 is 0. The Hall–Kier alpha value is -3.16. The van der Waals surface area contributed by atoms with Gasteiger partial charge < -0.3 is 20.3 Å². The molecule has 0 saturated carbocycles. The zero-order chi connectivity index (χ0) is 21.5. The molecular formula is C22H27FN4O3. The van der Waals surface area contributed by atoms with Crippen LogP contribution < -0.4 is 15.4 Å². The summed E-state index contributed by atoms with van der Waals surface area (Å²) in [5.74, 6) is -0.104. The summed E-state index contributed by atoms with van der Waals surface area (Å²) in [5.41, 5.74) is 1.37. The molecule has 0 atom stereocenters. The summed E-state index contributed by atoms with van der Waals surface area (Å²) in [5, 5.41) is 5.74. The van der Waals surface area contributed by atoms with Gasteiger partial charge >= 0.3 is 6.03 Å². The highest BCUT2D eigenvalue weighted by Gasteiger charge is 2.27. The molecule has 1 saturated heterocycles. The van der Waals surface area contributed by atoms with Gasteiger partial charge in [-0.2, -0.15) is 0 Å². The summed E-state index contributed by atoms with van der Waals surface area (Å²) in [4.78, 5) is 30.9. The predicted octanol–water partition coefficient (Wildman–Crippen LogP) is 3.57. The molecule has 0 radical (unpaired) electrons. The number of nitrogens with one attached hydrogen (secondary N) is 2. The Morgan fingerprint density at radius 2 is 1.90 bits per heavy atom. The largest absolute Gasteiger partial charge is 0.473 e. The van der Waals surface area contributed by atoms with Crippen molar-refractivity contribution in [1.82, 2.24) is 15.2 Å². The number of pyridine rings is 1. The third-order valence-corrected chi connectivity index (χ3v) is 4.89. The summed E-state index contributed by atoms with van der Waals surface area (Å²) < 4.78 is 18.6. The van der Waals surface area contributed by atoms with Crippen LogP contribution >= 0.6 is 0 Å². The molecule has 1 aliphatic rings. The number of hydrogen-bond acceptors (Lipinski definition) is 4. The number of likely N-dealkylation sites (tertiary alicyclic amines) is 1. The molecule has 1 aromatic heterocycles. The van der Waals surface area contributed by atoms with E-state index in [4.69, 9.17) is 4.74 Å².